The fourth-order valence-electron chi connectivity index (χ4n) is 3.41. The molecule has 0 atom stereocenters. The number of benzene rings is 1. The standard InChI is InChI=1S/C22H20Cl2N6O4/c1-34-30-20-12(7-15(21(30)33)19-16(23)3-2-4-17(19)24)10-27-22(29-20)28-14-8-13(26-11-14)9-18(32)25-5-6-31/h2-4,7-8,10-11,26,31H,5-6,9H2,1H3,(H,25,32)(H,27,28,29). The van der Waals surface area contributed by atoms with Crippen molar-refractivity contribution in [2.24, 2.45) is 0 Å². The molecule has 0 aliphatic carbocycles. The summed E-state index contributed by atoms with van der Waals surface area (Å²) in [6.45, 7) is 0.0726. The zero-order chi connectivity index (χ0) is 24.2. The van der Waals surface area contributed by atoms with E-state index in [9.17, 15) is 9.59 Å². The van der Waals surface area contributed by atoms with Crippen molar-refractivity contribution in [3.63, 3.8) is 0 Å². The quantitative estimate of drug-likeness (QED) is 0.290. The van der Waals surface area contributed by atoms with Crippen molar-refractivity contribution < 1.29 is 14.7 Å². The number of rotatable bonds is 8. The minimum atomic E-state index is -0.479. The Morgan fingerprint density at radius 3 is 2.74 bits per heavy atom. The molecule has 1 amide bonds. The first kappa shape index (κ1) is 23.6. The number of hydrogen-bond acceptors (Lipinski definition) is 7. The van der Waals surface area contributed by atoms with Gasteiger partial charge in [-0.1, -0.05) is 29.3 Å². The van der Waals surface area contributed by atoms with Crippen LogP contribution in [0.1, 0.15) is 5.69 Å². The van der Waals surface area contributed by atoms with Crippen LogP contribution in [0, 0.1) is 0 Å². The number of nitrogens with one attached hydrogen (secondary N) is 3. The normalized spacial score (nSPS) is 10.9. The number of carbonyl (C=O) groups is 1. The lowest BCUT2D eigenvalue weighted by atomic mass is 10.1. The molecular formula is C22H20Cl2N6O4. The third-order valence-electron chi connectivity index (χ3n) is 4.90. The summed E-state index contributed by atoms with van der Waals surface area (Å²) in [6, 6.07) is 8.34. The second kappa shape index (κ2) is 10.1. The van der Waals surface area contributed by atoms with Gasteiger partial charge in [-0.05, 0) is 24.3 Å². The second-order valence-electron chi connectivity index (χ2n) is 7.20. The number of nitrogens with zero attached hydrogens (tertiary/aromatic N) is 3. The van der Waals surface area contributed by atoms with Crippen LogP contribution in [0.3, 0.4) is 0 Å². The molecule has 3 heterocycles. The summed E-state index contributed by atoms with van der Waals surface area (Å²) in [4.78, 5) is 42.0. The molecule has 0 aliphatic rings. The molecule has 4 aromatic rings. The van der Waals surface area contributed by atoms with Gasteiger partial charge in [0.1, 0.15) is 7.11 Å². The molecule has 0 unspecified atom stereocenters. The fourth-order valence-corrected chi connectivity index (χ4v) is 4.01. The number of aromatic nitrogens is 4. The van der Waals surface area contributed by atoms with Crippen molar-refractivity contribution in [1.82, 2.24) is 25.0 Å². The monoisotopic (exact) mass is 502 g/mol. The van der Waals surface area contributed by atoms with Gasteiger partial charge in [-0.3, -0.25) is 9.59 Å². The van der Waals surface area contributed by atoms with Crippen LogP contribution in [-0.4, -0.2) is 51.0 Å². The third kappa shape index (κ3) is 4.84. The van der Waals surface area contributed by atoms with E-state index in [0.717, 1.165) is 4.73 Å². The maximum atomic E-state index is 13.2. The number of aromatic amines is 1. The van der Waals surface area contributed by atoms with Crippen LogP contribution in [-0.2, 0) is 11.2 Å². The first-order chi connectivity index (χ1) is 16.4. The molecule has 4 rings (SSSR count). The first-order valence-electron chi connectivity index (χ1n) is 10.1. The summed E-state index contributed by atoms with van der Waals surface area (Å²) in [5.41, 5.74) is 1.70. The van der Waals surface area contributed by atoms with Crippen molar-refractivity contribution in [3.05, 3.63) is 68.8 Å². The molecule has 34 heavy (non-hydrogen) atoms. The highest BCUT2D eigenvalue weighted by molar-refractivity contribution is 6.39. The van der Waals surface area contributed by atoms with Gasteiger partial charge in [0.15, 0.2) is 5.65 Å². The van der Waals surface area contributed by atoms with E-state index >= 15 is 0 Å². The number of H-pyrrole nitrogens is 1. The van der Waals surface area contributed by atoms with E-state index in [4.69, 9.17) is 33.1 Å². The van der Waals surface area contributed by atoms with Gasteiger partial charge in [0.25, 0.3) is 5.56 Å². The average Bonchev–Trinajstić information content (AvgIpc) is 3.24. The van der Waals surface area contributed by atoms with E-state index in [1.807, 2.05) is 0 Å². The van der Waals surface area contributed by atoms with Gasteiger partial charge in [-0.25, -0.2) is 4.98 Å². The smallest absolute Gasteiger partial charge is 0.293 e. The van der Waals surface area contributed by atoms with Crippen LogP contribution in [0.15, 0.2) is 47.5 Å². The van der Waals surface area contributed by atoms with Crippen LogP contribution in [0.2, 0.25) is 10.0 Å². The highest BCUT2D eigenvalue weighted by Crippen LogP contribution is 2.33. The van der Waals surface area contributed by atoms with E-state index in [0.29, 0.717) is 32.4 Å². The van der Waals surface area contributed by atoms with E-state index in [2.05, 4.69) is 25.6 Å². The van der Waals surface area contributed by atoms with Crippen molar-refractivity contribution in [3.8, 4) is 11.1 Å². The topological polar surface area (TPSA) is 134 Å². The van der Waals surface area contributed by atoms with Crippen LogP contribution >= 0.6 is 23.2 Å². The lowest BCUT2D eigenvalue weighted by Gasteiger charge is -2.13. The molecule has 4 N–H and O–H groups in total. The number of halogens is 2. The van der Waals surface area contributed by atoms with Gasteiger partial charge in [-0.2, -0.15) is 4.98 Å². The minimum absolute atomic E-state index is 0.122. The summed E-state index contributed by atoms with van der Waals surface area (Å²) in [6.07, 6.45) is 3.33. The highest BCUT2D eigenvalue weighted by Gasteiger charge is 2.18. The highest BCUT2D eigenvalue weighted by atomic mass is 35.5. The molecule has 0 spiro atoms. The Labute approximate surface area is 203 Å². The average molecular weight is 503 g/mol. The molecule has 10 nitrogen and oxygen atoms in total. The Balaban J connectivity index is 1.65. The lowest BCUT2D eigenvalue weighted by Crippen LogP contribution is -2.27. The molecule has 0 fully saturated rings. The number of fused-ring (bicyclic) bond motifs is 1. The molecular weight excluding hydrogens is 483 g/mol. The number of hydrogen-bond donors (Lipinski definition) is 4. The van der Waals surface area contributed by atoms with Crippen LogP contribution < -0.4 is 21.0 Å². The Hall–Kier alpha value is -3.60. The van der Waals surface area contributed by atoms with E-state index in [1.165, 1.54) is 7.11 Å². The molecule has 1 aromatic carbocycles. The Morgan fingerprint density at radius 1 is 1.26 bits per heavy atom. The molecule has 3 aromatic heterocycles. The summed E-state index contributed by atoms with van der Waals surface area (Å²) < 4.78 is 1.05. The number of amides is 1. The summed E-state index contributed by atoms with van der Waals surface area (Å²) in [7, 11) is 1.36. The summed E-state index contributed by atoms with van der Waals surface area (Å²) in [5.74, 6) is -0.000508. The molecule has 0 saturated heterocycles. The molecule has 0 bridgehead atoms. The summed E-state index contributed by atoms with van der Waals surface area (Å²) >= 11 is 12.6. The van der Waals surface area contributed by atoms with E-state index in [-0.39, 0.29) is 42.6 Å². The predicted octanol–water partition coefficient (Wildman–Crippen LogP) is 2.55. The number of carbonyl (C=O) groups excluding carboxylic acids is 1. The summed E-state index contributed by atoms with van der Waals surface area (Å²) in [5, 5.41) is 15.6. The number of aliphatic hydroxyl groups is 1. The van der Waals surface area contributed by atoms with Crippen LogP contribution in [0.25, 0.3) is 22.2 Å². The van der Waals surface area contributed by atoms with Gasteiger partial charge in [0, 0.05) is 35.6 Å². The van der Waals surface area contributed by atoms with Crippen molar-refractivity contribution in [2.75, 3.05) is 25.6 Å². The van der Waals surface area contributed by atoms with Crippen molar-refractivity contribution in [1.29, 1.82) is 0 Å². The zero-order valence-corrected chi connectivity index (χ0v) is 19.4. The first-order valence-corrected chi connectivity index (χ1v) is 10.9. The number of anilines is 2. The fraction of sp³-hybridized carbons (Fsp3) is 0.182. The van der Waals surface area contributed by atoms with Gasteiger partial charge in [-0.15, -0.1) is 4.73 Å². The number of pyridine rings is 1. The molecule has 0 radical (unpaired) electrons. The lowest BCUT2D eigenvalue weighted by molar-refractivity contribution is -0.120. The Kier molecular flexibility index (Phi) is 7.01. The molecule has 0 saturated carbocycles. The van der Waals surface area contributed by atoms with Crippen LogP contribution in [0.5, 0.6) is 0 Å². The molecule has 12 heteroatoms. The molecule has 176 valence electrons. The van der Waals surface area contributed by atoms with Gasteiger partial charge in [0.2, 0.25) is 11.9 Å². The largest absolute Gasteiger partial charge is 0.412 e. The third-order valence-corrected chi connectivity index (χ3v) is 5.53. The maximum absolute atomic E-state index is 13.2. The molecule has 0 aliphatic heterocycles. The predicted molar refractivity (Wildman–Crippen MR) is 130 cm³/mol. The Morgan fingerprint density at radius 2 is 2.03 bits per heavy atom. The zero-order valence-electron chi connectivity index (χ0n) is 17.9. The van der Waals surface area contributed by atoms with Crippen molar-refractivity contribution in [2.45, 2.75) is 6.42 Å². The van der Waals surface area contributed by atoms with E-state index < -0.39 is 5.56 Å². The maximum Gasteiger partial charge on any atom is 0.293 e. The van der Waals surface area contributed by atoms with Crippen molar-refractivity contribution >= 4 is 51.8 Å². The second-order valence-corrected chi connectivity index (χ2v) is 8.01. The Bertz CT molecular complexity index is 1400. The van der Waals surface area contributed by atoms with Gasteiger partial charge in [0.05, 0.1) is 34.3 Å². The van der Waals surface area contributed by atoms with Crippen LogP contribution in [0.4, 0.5) is 11.6 Å². The van der Waals surface area contributed by atoms with Gasteiger partial charge < -0.3 is 25.6 Å². The van der Waals surface area contributed by atoms with E-state index in [1.54, 1.807) is 42.7 Å². The number of aliphatic hydroxyl groups excluding tert-OH is 1. The van der Waals surface area contributed by atoms with Gasteiger partial charge >= 0.3 is 0 Å². The SMILES string of the molecule is COn1c(=O)c(-c2c(Cl)cccc2Cl)cc2cnc(Nc3c[nH]c(CC(=O)NCCO)c3)nc21. The minimum Gasteiger partial charge on any atom is -0.412 e.